The number of benzene rings is 1. The Morgan fingerprint density at radius 2 is 2.07 bits per heavy atom. The van der Waals surface area contributed by atoms with E-state index < -0.39 is 0 Å². The average Bonchev–Trinajstić information content (AvgIpc) is 2.71. The molecule has 0 aliphatic heterocycles. The van der Waals surface area contributed by atoms with Crippen LogP contribution >= 0.6 is 0 Å². The number of hydrogen-bond donors (Lipinski definition) is 1. The van der Waals surface area contributed by atoms with Crippen molar-refractivity contribution in [2.75, 3.05) is 20.3 Å². The molecule has 0 saturated heterocycles. The number of nitrogens with zero attached hydrogens (tertiary/aromatic N) is 3. The molecule has 158 valence electrons. The van der Waals surface area contributed by atoms with Crippen molar-refractivity contribution in [1.29, 1.82) is 5.26 Å². The van der Waals surface area contributed by atoms with Crippen LogP contribution in [0.4, 0.5) is 0 Å². The van der Waals surface area contributed by atoms with Crippen LogP contribution in [0.25, 0.3) is 21.7 Å². The molecule has 30 heavy (non-hydrogen) atoms. The van der Waals surface area contributed by atoms with Gasteiger partial charge in [0.1, 0.15) is 18.4 Å². The van der Waals surface area contributed by atoms with E-state index in [0.717, 1.165) is 17.2 Å². The van der Waals surface area contributed by atoms with Gasteiger partial charge >= 0.3 is 0 Å². The Labute approximate surface area is 176 Å². The number of methoxy groups -OCH3 is 1. The molecule has 0 saturated carbocycles. The first-order valence-electron chi connectivity index (χ1n) is 10.1. The number of aromatic nitrogens is 2. The molecule has 0 amide bonds. The maximum absolute atomic E-state index is 13.3. The molecule has 0 aliphatic carbocycles. The fraction of sp³-hybridized carbons (Fsp3) is 0.435. The molecule has 3 rings (SSSR count). The van der Waals surface area contributed by atoms with Gasteiger partial charge in [-0.05, 0) is 36.8 Å². The van der Waals surface area contributed by atoms with Gasteiger partial charge in [0.15, 0.2) is 0 Å². The molecule has 1 aromatic carbocycles. The van der Waals surface area contributed by atoms with Gasteiger partial charge in [0, 0.05) is 37.3 Å². The predicted molar refractivity (Wildman–Crippen MR) is 118 cm³/mol. The number of ether oxygens (including phenoxy) is 2. The van der Waals surface area contributed by atoms with Crippen LogP contribution < -0.4 is 16.0 Å². The van der Waals surface area contributed by atoms with Crippen molar-refractivity contribution in [1.82, 2.24) is 9.55 Å². The van der Waals surface area contributed by atoms with E-state index in [2.05, 4.69) is 24.9 Å². The first-order valence-corrected chi connectivity index (χ1v) is 10.1. The normalized spacial score (nSPS) is 12.4. The van der Waals surface area contributed by atoms with Gasteiger partial charge in [-0.1, -0.05) is 13.8 Å². The second-order valence-corrected chi connectivity index (χ2v) is 7.95. The van der Waals surface area contributed by atoms with Crippen LogP contribution in [0.2, 0.25) is 0 Å². The molecule has 2 N–H and O–H groups in total. The molecule has 0 fully saturated rings. The summed E-state index contributed by atoms with van der Waals surface area (Å²) in [5.74, 6) is 0.887. The van der Waals surface area contributed by atoms with Crippen molar-refractivity contribution in [3.05, 3.63) is 46.0 Å². The van der Waals surface area contributed by atoms with E-state index in [9.17, 15) is 10.1 Å². The molecular formula is C23H28N4O3. The Morgan fingerprint density at radius 1 is 1.30 bits per heavy atom. The van der Waals surface area contributed by atoms with Gasteiger partial charge in [0.25, 0.3) is 5.56 Å². The van der Waals surface area contributed by atoms with Gasteiger partial charge < -0.3 is 19.8 Å². The summed E-state index contributed by atoms with van der Waals surface area (Å²) < 4.78 is 12.8. The lowest BCUT2D eigenvalue weighted by Gasteiger charge is -2.18. The van der Waals surface area contributed by atoms with Crippen molar-refractivity contribution in [3.63, 3.8) is 0 Å². The standard InChI is InChI=1S/C23H28N4O3/c1-14(2)9-17(25)13-30-21-11-20-19(10-16(21)12-24)18-5-6-26-15(3)22(18)23(28)27(20)7-8-29-4/h5-6,10-11,14,17H,7-9,13,25H2,1-4H3/t17-/m0/s1. The van der Waals surface area contributed by atoms with Gasteiger partial charge in [-0.25, -0.2) is 0 Å². The average molecular weight is 409 g/mol. The lowest BCUT2D eigenvalue weighted by atomic mass is 10.0. The fourth-order valence-electron chi connectivity index (χ4n) is 3.79. The minimum atomic E-state index is -0.132. The number of hydrogen-bond acceptors (Lipinski definition) is 6. The Balaban J connectivity index is 2.20. The van der Waals surface area contributed by atoms with Crippen molar-refractivity contribution < 1.29 is 9.47 Å². The number of nitriles is 1. The highest BCUT2D eigenvalue weighted by Crippen LogP contribution is 2.30. The molecule has 7 heteroatoms. The van der Waals surface area contributed by atoms with E-state index >= 15 is 0 Å². The Morgan fingerprint density at radius 3 is 2.73 bits per heavy atom. The summed E-state index contributed by atoms with van der Waals surface area (Å²) in [5, 5.41) is 11.9. The smallest absolute Gasteiger partial charge is 0.260 e. The summed E-state index contributed by atoms with van der Waals surface area (Å²) in [4.78, 5) is 17.5. The SMILES string of the molecule is COCCn1c(=O)c2c(C)nccc2c2cc(C#N)c(OC[C@@H](N)CC(C)C)cc21. The van der Waals surface area contributed by atoms with Crippen LogP contribution in [0.3, 0.4) is 0 Å². The van der Waals surface area contributed by atoms with Crippen LogP contribution in [0.1, 0.15) is 31.5 Å². The minimum absolute atomic E-state index is 0.131. The molecule has 0 spiro atoms. The third kappa shape index (κ3) is 4.30. The van der Waals surface area contributed by atoms with Crippen LogP contribution in [0.5, 0.6) is 5.75 Å². The van der Waals surface area contributed by atoms with E-state index in [0.29, 0.717) is 53.6 Å². The summed E-state index contributed by atoms with van der Waals surface area (Å²) in [5.41, 5.74) is 7.78. The van der Waals surface area contributed by atoms with Crippen LogP contribution in [-0.4, -0.2) is 35.9 Å². The summed E-state index contributed by atoms with van der Waals surface area (Å²) in [6.07, 6.45) is 2.50. The second-order valence-electron chi connectivity index (χ2n) is 7.95. The van der Waals surface area contributed by atoms with Crippen molar-refractivity contribution >= 4 is 21.7 Å². The van der Waals surface area contributed by atoms with Crippen LogP contribution in [0, 0.1) is 24.2 Å². The lowest BCUT2D eigenvalue weighted by Crippen LogP contribution is -2.29. The predicted octanol–water partition coefficient (Wildman–Crippen LogP) is 3.13. The molecule has 7 nitrogen and oxygen atoms in total. The van der Waals surface area contributed by atoms with Gasteiger partial charge in [0.05, 0.1) is 28.8 Å². The third-order valence-corrected chi connectivity index (χ3v) is 5.14. The zero-order valence-electron chi connectivity index (χ0n) is 17.9. The zero-order chi connectivity index (χ0) is 21.8. The highest BCUT2D eigenvalue weighted by molar-refractivity contribution is 6.07. The van der Waals surface area contributed by atoms with Gasteiger partial charge in [-0.3, -0.25) is 9.78 Å². The zero-order valence-corrected chi connectivity index (χ0v) is 17.9. The quantitative estimate of drug-likeness (QED) is 0.575. The van der Waals surface area contributed by atoms with E-state index in [-0.39, 0.29) is 11.6 Å². The number of nitrogens with two attached hydrogens (primary N) is 1. The Hall–Kier alpha value is -2.95. The molecule has 0 aliphatic rings. The molecule has 0 bridgehead atoms. The number of aryl methyl sites for hydroxylation is 1. The number of rotatable bonds is 8. The van der Waals surface area contributed by atoms with E-state index in [4.69, 9.17) is 15.2 Å². The first kappa shape index (κ1) is 21.8. The molecule has 3 aromatic rings. The summed E-state index contributed by atoms with van der Waals surface area (Å²) >= 11 is 0. The van der Waals surface area contributed by atoms with E-state index in [1.807, 2.05) is 13.0 Å². The second kappa shape index (κ2) is 9.24. The maximum atomic E-state index is 13.3. The maximum Gasteiger partial charge on any atom is 0.260 e. The number of pyridine rings is 2. The number of fused-ring (bicyclic) bond motifs is 3. The van der Waals surface area contributed by atoms with E-state index in [1.165, 1.54) is 0 Å². The van der Waals surface area contributed by atoms with Gasteiger partial charge in [-0.15, -0.1) is 0 Å². The van der Waals surface area contributed by atoms with Crippen LogP contribution in [-0.2, 0) is 11.3 Å². The topological polar surface area (TPSA) is 103 Å². The van der Waals surface area contributed by atoms with Gasteiger partial charge in [-0.2, -0.15) is 5.26 Å². The molecular weight excluding hydrogens is 380 g/mol. The summed E-state index contributed by atoms with van der Waals surface area (Å²) in [6.45, 7) is 7.09. The fourth-order valence-corrected chi connectivity index (χ4v) is 3.79. The van der Waals surface area contributed by atoms with E-state index in [1.54, 1.807) is 30.0 Å². The molecule has 1 atom stereocenters. The molecule has 0 radical (unpaired) electrons. The Kier molecular flexibility index (Phi) is 6.70. The summed E-state index contributed by atoms with van der Waals surface area (Å²) in [7, 11) is 1.60. The van der Waals surface area contributed by atoms with Crippen LogP contribution in [0.15, 0.2) is 29.2 Å². The third-order valence-electron chi connectivity index (χ3n) is 5.14. The molecule has 2 aromatic heterocycles. The Bertz CT molecular complexity index is 1160. The van der Waals surface area contributed by atoms with Crippen molar-refractivity contribution in [2.45, 2.75) is 39.8 Å². The summed E-state index contributed by atoms with van der Waals surface area (Å²) in [6, 6.07) is 7.44. The highest BCUT2D eigenvalue weighted by Gasteiger charge is 2.17. The largest absolute Gasteiger partial charge is 0.491 e. The lowest BCUT2D eigenvalue weighted by molar-refractivity contribution is 0.187. The highest BCUT2D eigenvalue weighted by atomic mass is 16.5. The molecule has 0 unspecified atom stereocenters. The minimum Gasteiger partial charge on any atom is -0.491 e. The monoisotopic (exact) mass is 408 g/mol. The van der Waals surface area contributed by atoms with Crippen molar-refractivity contribution in [3.8, 4) is 11.8 Å². The van der Waals surface area contributed by atoms with Crippen molar-refractivity contribution in [2.24, 2.45) is 11.7 Å². The molecule has 2 heterocycles. The first-order chi connectivity index (χ1) is 14.4. The van der Waals surface area contributed by atoms with Gasteiger partial charge in [0.2, 0.25) is 0 Å².